The molecule has 0 radical (unpaired) electrons. The Kier molecular flexibility index (Phi) is 7.34. The monoisotopic (exact) mass is 428 g/mol. The summed E-state index contributed by atoms with van der Waals surface area (Å²) in [6.07, 6.45) is 1.68. The highest BCUT2D eigenvalue weighted by Gasteiger charge is 2.16. The molecule has 0 N–H and O–H groups in total. The van der Waals surface area contributed by atoms with Crippen LogP contribution in [-0.4, -0.2) is 37.9 Å². The standard InChI is InChI=1S/C22H25ClN4OS/c1-4-26(13-18-7-5-6-8-20(18)23)21(28)14-29-22-25-24-15-27(22)19-11-9-17(10-12-19)16(2)3/h5-12,15-16H,4,13-14H2,1-3H3. The molecular formula is C22H25ClN4OS. The van der Waals surface area contributed by atoms with Crippen LogP contribution < -0.4 is 0 Å². The highest BCUT2D eigenvalue weighted by atomic mass is 35.5. The van der Waals surface area contributed by atoms with Crippen LogP contribution in [0.4, 0.5) is 0 Å². The molecule has 0 fully saturated rings. The van der Waals surface area contributed by atoms with Crippen LogP contribution in [0.25, 0.3) is 5.69 Å². The molecule has 29 heavy (non-hydrogen) atoms. The molecule has 0 saturated carbocycles. The van der Waals surface area contributed by atoms with Crippen molar-refractivity contribution in [3.63, 3.8) is 0 Å². The van der Waals surface area contributed by atoms with Gasteiger partial charge in [0.15, 0.2) is 5.16 Å². The van der Waals surface area contributed by atoms with E-state index in [0.29, 0.717) is 34.9 Å². The lowest BCUT2D eigenvalue weighted by atomic mass is 10.0. The Morgan fingerprint density at radius 1 is 1.17 bits per heavy atom. The first-order chi connectivity index (χ1) is 14.0. The second kappa shape index (κ2) is 9.94. The topological polar surface area (TPSA) is 51.0 Å². The summed E-state index contributed by atoms with van der Waals surface area (Å²) < 4.78 is 1.91. The molecule has 152 valence electrons. The summed E-state index contributed by atoms with van der Waals surface area (Å²) in [6.45, 7) is 7.43. The fourth-order valence-electron chi connectivity index (χ4n) is 2.95. The quantitative estimate of drug-likeness (QED) is 0.463. The number of amides is 1. The molecule has 1 amide bonds. The Morgan fingerprint density at radius 2 is 1.90 bits per heavy atom. The van der Waals surface area contributed by atoms with Gasteiger partial charge < -0.3 is 4.90 Å². The average molecular weight is 429 g/mol. The van der Waals surface area contributed by atoms with Gasteiger partial charge in [-0.1, -0.05) is 67.5 Å². The minimum absolute atomic E-state index is 0.0436. The Labute approximate surface area is 181 Å². The van der Waals surface area contributed by atoms with Crippen molar-refractivity contribution in [1.29, 1.82) is 0 Å². The lowest BCUT2D eigenvalue weighted by Crippen LogP contribution is -2.31. The van der Waals surface area contributed by atoms with Crippen LogP contribution in [-0.2, 0) is 11.3 Å². The van der Waals surface area contributed by atoms with E-state index in [4.69, 9.17) is 11.6 Å². The van der Waals surface area contributed by atoms with Crippen LogP contribution in [0.3, 0.4) is 0 Å². The van der Waals surface area contributed by atoms with E-state index in [1.54, 1.807) is 11.2 Å². The highest BCUT2D eigenvalue weighted by molar-refractivity contribution is 7.99. The number of rotatable bonds is 8. The first-order valence-electron chi connectivity index (χ1n) is 9.64. The Hall–Kier alpha value is -2.31. The van der Waals surface area contributed by atoms with E-state index in [9.17, 15) is 4.79 Å². The number of benzene rings is 2. The van der Waals surface area contributed by atoms with E-state index in [1.165, 1.54) is 17.3 Å². The molecule has 0 unspecified atom stereocenters. The van der Waals surface area contributed by atoms with E-state index in [1.807, 2.05) is 35.8 Å². The summed E-state index contributed by atoms with van der Waals surface area (Å²) in [5.74, 6) is 0.817. The van der Waals surface area contributed by atoms with E-state index in [0.717, 1.165) is 11.3 Å². The lowest BCUT2D eigenvalue weighted by molar-refractivity contribution is -0.128. The summed E-state index contributed by atoms with van der Waals surface area (Å²) in [5, 5.41) is 9.59. The molecule has 0 spiro atoms. The van der Waals surface area contributed by atoms with E-state index in [2.05, 4.69) is 48.3 Å². The van der Waals surface area contributed by atoms with Crippen LogP contribution in [0.15, 0.2) is 60.0 Å². The summed E-state index contributed by atoms with van der Waals surface area (Å²) in [6, 6.07) is 16.0. The zero-order valence-electron chi connectivity index (χ0n) is 16.9. The minimum atomic E-state index is 0.0436. The molecule has 0 bridgehead atoms. The predicted molar refractivity (Wildman–Crippen MR) is 119 cm³/mol. The second-order valence-electron chi connectivity index (χ2n) is 7.02. The summed E-state index contributed by atoms with van der Waals surface area (Å²) in [4.78, 5) is 14.6. The van der Waals surface area contributed by atoms with Gasteiger partial charge in [0.05, 0.1) is 5.75 Å². The first kappa shape index (κ1) is 21.4. The van der Waals surface area contributed by atoms with Crippen molar-refractivity contribution in [2.45, 2.75) is 38.4 Å². The van der Waals surface area contributed by atoms with Crippen LogP contribution >= 0.6 is 23.4 Å². The summed E-state index contributed by atoms with van der Waals surface area (Å²) >= 11 is 7.63. The van der Waals surface area contributed by atoms with Crippen molar-refractivity contribution in [1.82, 2.24) is 19.7 Å². The number of carbonyl (C=O) groups is 1. The van der Waals surface area contributed by atoms with Gasteiger partial charge >= 0.3 is 0 Å². The fourth-order valence-corrected chi connectivity index (χ4v) is 3.97. The number of thioether (sulfide) groups is 1. The number of hydrogen-bond acceptors (Lipinski definition) is 4. The molecule has 1 aromatic heterocycles. The number of hydrogen-bond donors (Lipinski definition) is 0. The zero-order chi connectivity index (χ0) is 20.8. The van der Waals surface area contributed by atoms with Crippen molar-refractivity contribution in [3.05, 3.63) is 71.0 Å². The number of aromatic nitrogens is 3. The number of carbonyl (C=O) groups excluding carboxylic acids is 1. The van der Waals surface area contributed by atoms with Crippen molar-refractivity contribution in [3.8, 4) is 5.69 Å². The molecule has 5 nitrogen and oxygen atoms in total. The van der Waals surface area contributed by atoms with Gasteiger partial charge in [0, 0.05) is 23.8 Å². The first-order valence-corrected chi connectivity index (χ1v) is 11.0. The van der Waals surface area contributed by atoms with E-state index < -0.39 is 0 Å². The zero-order valence-corrected chi connectivity index (χ0v) is 18.5. The maximum Gasteiger partial charge on any atom is 0.233 e. The number of nitrogens with zero attached hydrogens (tertiary/aromatic N) is 4. The van der Waals surface area contributed by atoms with Gasteiger partial charge in [-0.25, -0.2) is 0 Å². The molecule has 3 aromatic rings. The Balaban J connectivity index is 1.66. The normalized spacial score (nSPS) is 11.1. The molecule has 1 heterocycles. The van der Waals surface area contributed by atoms with Crippen LogP contribution in [0, 0.1) is 0 Å². The fraction of sp³-hybridized carbons (Fsp3) is 0.318. The van der Waals surface area contributed by atoms with Gasteiger partial charge in [-0.3, -0.25) is 9.36 Å². The van der Waals surface area contributed by atoms with Crippen molar-refractivity contribution in [2.24, 2.45) is 0 Å². The molecule has 0 atom stereocenters. The summed E-state index contributed by atoms with van der Waals surface area (Å²) in [5.41, 5.74) is 3.21. The molecular weight excluding hydrogens is 404 g/mol. The smallest absolute Gasteiger partial charge is 0.233 e. The third kappa shape index (κ3) is 5.40. The molecule has 0 aliphatic carbocycles. The third-order valence-electron chi connectivity index (χ3n) is 4.73. The van der Waals surface area contributed by atoms with Crippen LogP contribution in [0.2, 0.25) is 5.02 Å². The van der Waals surface area contributed by atoms with Gasteiger partial charge in [0.2, 0.25) is 5.91 Å². The molecule has 0 saturated heterocycles. The van der Waals surface area contributed by atoms with Gasteiger partial charge in [-0.2, -0.15) is 0 Å². The van der Waals surface area contributed by atoms with Gasteiger partial charge in [-0.05, 0) is 42.2 Å². The van der Waals surface area contributed by atoms with Crippen molar-refractivity contribution >= 4 is 29.3 Å². The maximum atomic E-state index is 12.8. The average Bonchev–Trinajstić information content (AvgIpc) is 3.20. The van der Waals surface area contributed by atoms with Crippen LogP contribution in [0.5, 0.6) is 0 Å². The largest absolute Gasteiger partial charge is 0.338 e. The van der Waals surface area contributed by atoms with E-state index >= 15 is 0 Å². The molecule has 7 heteroatoms. The number of halogens is 1. The molecule has 2 aromatic carbocycles. The molecule has 0 aliphatic rings. The Bertz CT molecular complexity index is 955. The Morgan fingerprint density at radius 3 is 2.55 bits per heavy atom. The predicted octanol–water partition coefficient (Wildman–Crippen LogP) is 5.18. The minimum Gasteiger partial charge on any atom is -0.338 e. The van der Waals surface area contributed by atoms with Crippen LogP contribution in [0.1, 0.15) is 37.8 Å². The third-order valence-corrected chi connectivity index (χ3v) is 6.03. The van der Waals surface area contributed by atoms with Gasteiger partial charge in [-0.15, -0.1) is 10.2 Å². The van der Waals surface area contributed by atoms with Crippen molar-refractivity contribution in [2.75, 3.05) is 12.3 Å². The van der Waals surface area contributed by atoms with Gasteiger partial charge in [0.25, 0.3) is 0 Å². The lowest BCUT2D eigenvalue weighted by Gasteiger charge is -2.21. The van der Waals surface area contributed by atoms with Crippen molar-refractivity contribution < 1.29 is 4.79 Å². The second-order valence-corrected chi connectivity index (χ2v) is 8.37. The van der Waals surface area contributed by atoms with Gasteiger partial charge in [0.1, 0.15) is 6.33 Å². The summed E-state index contributed by atoms with van der Waals surface area (Å²) in [7, 11) is 0. The molecule has 0 aliphatic heterocycles. The highest BCUT2D eigenvalue weighted by Crippen LogP contribution is 2.23. The van der Waals surface area contributed by atoms with E-state index in [-0.39, 0.29) is 5.91 Å². The molecule has 3 rings (SSSR count). The SMILES string of the molecule is CCN(Cc1ccccc1Cl)C(=O)CSc1nncn1-c1ccc(C(C)C)cc1. The maximum absolute atomic E-state index is 12.8.